The van der Waals surface area contributed by atoms with Crippen molar-refractivity contribution in [1.29, 1.82) is 0 Å². The molecule has 0 spiro atoms. The molecular formula is C23H17N3O5S3. The number of aromatic nitrogens is 2. The van der Waals surface area contributed by atoms with Crippen LogP contribution in [0.4, 0.5) is 5.13 Å². The predicted octanol–water partition coefficient (Wildman–Crippen LogP) is 5.25. The molecule has 0 bridgehead atoms. The molecule has 0 aliphatic carbocycles. The molecule has 0 saturated heterocycles. The molecule has 172 valence electrons. The van der Waals surface area contributed by atoms with Crippen molar-refractivity contribution in [3.05, 3.63) is 76.8 Å². The topological polar surface area (TPSA) is 111 Å². The highest BCUT2D eigenvalue weighted by atomic mass is 32.2. The minimum Gasteiger partial charge on any atom is -0.486 e. The number of thiazole rings is 2. The third kappa shape index (κ3) is 4.86. The smallest absolute Gasteiger partial charge is 0.257 e. The van der Waals surface area contributed by atoms with E-state index in [0.29, 0.717) is 39.0 Å². The molecule has 0 unspecified atom stereocenters. The molecule has 0 aliphatic heterocycles. The van der Waals surface area contributed by atoms with Crippen LogP contribution >= 0.6 is 22.7 Å². The van der Waals surface area contributed by atoms with Gasteiger partial charge in [0, 0.05) is 17.2 Å². The second-order valence-corrected chi connectivity index (χ2v) is 11.3. The first-order valence-corrected chi connectivity index (χ1v) is 13.6. The molecule has 0 saturated carbocycles. The average molecular weight is 512 g/mol. The molecule has 0 atom stereocenters. The Bertz CT molecular complexity index is 1570. The van der Waals surface area contributed by atoms with Crippen LogP contribution in [0.3, 0.4) is 0 Å². The number of anilines is 1. The zero-order valence-corrected chi connectivity index (χ0v) is 20.2. The molecule has 0 fully saturated rings. The van der Waals surface area contributed by atoms with Gasteiger partial charge in [-0.25, -0.2) is 18.4 Å². The third-order valence-corrected chi connectivity index (χ3v) is 7.68. The number of rotatable bonds is 7. The molecule has 5 aromatic rings. The van der Waals surface area contributed by atoms with Gasteiger partial charge in [-0.2, -0.15) is 0 Å². The Morgan fingerprint density at radius 3 is 2.68 bits per heavy atom. The summed E-state index contributed by atoms with van der Waals surface area (Å²) < 4.78 is 35.3. The van der Waals surface area contributed by atoms with Crippen LogP contribution in [0.25, 0.3) is 21.7 Å². The highest BCUT2D eigenvalue weighted by Gasteiger charge is 2.13. The summed E-state index contributed by atoms with van der Waals surface area (Å²) in [7, 11) is -3.31. The number of carbonyl (C=O) groups is 1. The van der Waals surface area contributed by atoms with Crippen molar-refractivity contribution in [2.24, 2.45) is 0 Å². The first-order valence-electron chi connectivity index (χ1n) is 9.98. The zero-order chi connectivity index (χ0) is 23.7. The van der Waals surface area contributed by atoms with Gasteiger partial charge in [-0.05, 0) is 54.6 Å². The molecule has 1 amide bonds. The summed E-state index contributed by atoms with van der Waals surface area (Å²) in [5.41, 5.74) is 1.83. The number of ether oxygens (including phenoxy) is 1. The fraction of sp³-hybridized carbons (Fsp3) is 0.0870. The van der Waals surface area contributed by atoms with Gasteiger partial charge in [0.05, 0.1) is 21.4 Å². The quantitative estimate of drug-likeness (QED) is 0.318. The molecule has 34 heavy (non-hydrogen) atoms. The van der Waals surface area contributed by atoms with Crippen LogP contribution in [0.15, 0.2) is 75.6 Å². The summed E-state index contributed by atoms with van der Waals surface area (Å²) in [4.78, 5) is 21.7. The van der Waals surface area contributed by atoms with Crippen LogP contribution in [0.1, 0.15) is 15.4 Å². The Balaban J connectivity index is 1.21. The van der Waals surface area contributed by atoms with Gasteiger partial charge in [0.2, 0.25) is 0 Å². The van der Waals surface area contributed by atoms with E-state index in [1.165, 1.54) is 28.7 Å². The third-order valence-electron chi connectivity index (χ3n) is 4.81. The molecule has 0 radical (unpaired) electrons. The van der Waals surface area contributed by atoms with E-state index in [1.807, 2.05) is 17.5 Å². The summed E-state index contributed by atoms with van der Waals surface area (Å²) in [6.07, 6.45) is 2.76. The van der Waals surface area contributed by atoms with Crippen molar-refractivity contribution in [3.63, 3.8) is 0 Å². The fourth-order valence-electron chi connectivity index (χ4n) is 3.12. The fourth-order valence-corrected chi connectivity index (χ4v) is 5.44. The van der Waals surface area contributed by atoms with Crippen LogP contribution in [0.2, 0.25) is 0 Å². The van der Waals surface area contributed by atoms with Crippen LogP contribution in [0, 0.1) is 0 Å². The van der Waals surface area contributed by atoms with Crippen LogP contribution < -0.4 is 10.1 Å². The number of nitrogens with one attached hydrogen (secondary N) is 1. The van der Waals surface area contributed by atoms with Crippen LogP contribution in [-0.2, 0) is 16.4 Å². The maximum Gasteiger partial charge on any atom is 0.257 e. The minimum atomic E-state index is -3.31. The van der Waals surface area contributed by atoms with E-state index in [2.05, 4.69) is 15.3 Å². The van der Waals surface area contributed by atoms with E-state index >= 15 is 0 Å². The lowest BCUT2D eigenvalue weighted by Crippen LogP contribution is -2.11. The number of hydrogen-bond donors (Lipinski definition) is 1. The van der Waals surface area contributed by atoms with Crippen molar-refractivity contribution in [3.8, 4) is 17.2 Å². The van der Waals surface area contributed by atoms with Gasteiger partial charge in [0.15, 0.2) is 20.7 Å². The predicted molar refractivity (Wildman–Crippen MR) is 131 cm³/mol. The van der Waals surface area contributed by atoms with E-state index in [4.69, 9.17) is 9.15 Å². The normalized spacial score (nSPS) is 11.6. The van der Waals surface area contributed by atoms with E-state index in [0.717, 1.165) is 17.0 Å². The summed E-state index contributed by atoms with van der Waals surface area (Å²) >= 11 is 2.70. The van der Waals surface area contributed by atoms with Gasteiger partial charge < -0.3 is 9.15 Å². The summed E-state index contributed by atoms with van der Waals surface area (Å²) in [5, 5.41) is 5.87. The molecule has 8 nitrogen and oxygen atoms in total. The number of fused-ring (bicyclic) bond motifs is 1. The van der Waals surface area contributed by atoms with Crippen molar-refractivity contribution < 1.29 is 22.4 Å². The summed E-state index contributed by atoms with van der Waals surface area (Å²) in [6.45, 7) is 0.304. The maximum atomic E-state index is 12.6. The largest absolute Gasteiger partial charge is 0.486 e. The number of sulfone groups is 1. The summed E-state index contributed by atoms with van der Waals surface area (Å²) in [6, 6.07) is 15.1. The van der Waals surface area contributed by atoms with Gasteiger partial charge in [-0.1, -0.05) is 11.3 Å². The van der Waals surface area contributed by atoms with Gasteiger partial charge in [-0.15, -0.1) is 11.3 Å². The second-order valence-electron chi connectivity index (χ2n) is 7.29. The van der Waals surface area contributed by atoms with E-state index in [9.17, 15) is 13.2 Å². The average Bonchev–Trinajstić information content (AvgIpc) is 3.57. The van der Waals surface area contributed by atoms with Gasteiger partial charge in [0.25, 0.3) is 5.91 Å². The van der Waals surface area contributed by atoms with Crippen molar-refractivity contribution in [2.75, 3.05) is 11.6 Å². The molecule has 3 heterocycles. The molecule has 1 N–H and O–H groups in total. The molecule has 0 aliphatic rings. The number of hydrogen-bond acceptors (Lipinski definition) is 9. The van der Waals surface area contributed by atoms with E-state index in [1.54, 1.807) is 42.7 Å². The molecule has 5 rings (SSSR count). The molecular weight excluding hydrogens is 494 g/mol. The van der Waals surface area contributed by atoms with Crippen molar-refractivity contribution >= 4 is 53.8 Å². The Kier molecular flexibility index (Phi) is 5.90. The van der Waals surface area contributed by atoms with Gasteiger partial charge >= 0.3 is 0 Å². The Labute approximate surface area is 202 Å². The Morgan fingerprint density at radius 1 is 1.12 bits per heavy atom. The lowest BCUT2D eigenvalue weighted by molar-refractivity contribution is 0.102. The van der Waals surface area contributed by atoms with Gasteiger partial charge in [0.1, 0.15) is 23.1 Å². The lowest BCUT2D eigenvalue weighted by Gasteiger charge is -2.06. The number of benzene rings is 2. The molecule has 2 aromatic carbocycles. The van der Waals surface area contributed by atoms with Crippen LogP contribution in [0.5, 0.6) is 5.75 Å². The number of carbonyl (C=O) groups excluding carboxylic acids is 1. The highest BCUT2D eigenvalue weighted by molar-refractivity contribution is 7.90. The van der Waals surface area contributed by atoms with E-state index in [-0.39, 0.29) is 10.8 Å². The minimum absolute atomic E-state index is 0.215. The number of amides is 1. The number of furan rings is 1. The monoisotopic (exact) mass is 511 g/mol. The lowest BCUT2D eigenvalue weighted by atomic mass is 10.2. The number of nitrogens with zero attached hydrogens (tertiary/aromatic N) is 2. The standard InChI is InChI=1S/C23H17N3O5S3/c1-34(28,29)16-8-9-17-20(11-16)33-23(25-17)26-22(27)14-4-6-15(7-5-14)31-12-21-24-18(13-32-21)19-3-2-10-30-19/h2-11,13H,12H2,1H3,(H,25,26,27). The molecule has 3 aromatic heterocycles. The maximum absolute atomic E-state index is 12.6. The first kappa shape index (κ1) is 22.3. The van der Waals surface area contributed by atoms with Crippen molar-refractivity contribution in [2.45, 2.75) is 11.5 Å². The SMILES string of the molecule is CS(=O)(=O)c1ccc2nc(NC(=O)c3ccc(OCc4nc(-c5ccco5)cs4)cc3)sc2c1. The first-order chi connectivity index (χ1) is 16.3. The Morgan fingerprint density at radius 2 is 1.94 bits per heavy atom. The molecule has 11 heteroatoms. The zero-order valence-electron chi connectivity index (χ0n) is 17.7. The van der Waals surface area contributed by atoms with Crippen molar-refractivity contribution in [1.82, 2.24) is 9.97 Å². The van der Waals surface area contributed by atoms with E-state index < -0.39 is 9.84 Å². The summed E-state index contributed by atoms with van der Waals surface area (Å²) in [5.74, 6) is 0.998. The second kappa shape index (κ2) is 9.01. The highest BCUT2D eigenvalue weighted by Crippen LogP contribution is 2.29. The van der Waals surface area contributed by atoms with Crippen LogP contribution in [-0.4, -0.2) is 30.5 Å². The van der Waals surface area contributed by atoms with Gasteiger partial charge in [-0.3, -0.25) is 10.1 Å². The Hall–Kier alpha value is -3.54.